The number of fused-ring (bicyclic) bond motifs is 1. The van der Waals surface area contributed by atoms with Crippen molar-refractivity contribution in [1.82, 2.24) is 19.9 Å². The largest absolute Gasteiger partial charge is 0.333 e. The smallest absolute Gasteiger partial charge is 0.327 e. The van der Waals surface area contributed by atoms with Gasteiger partial charge in [-0.1, -0.05) is 6.92 Å². The van der Waals surface area contributed by atoms with Gasteiger partial charge in [-0.3, -0.25) is 19.6 Å². The van der Waals surface area contributed by atoms with Crippen LogP contribution in [0.25, 0.3) is 11.0 Å². The Labute approximate surface area is 144 Å². The number of carbonyl (C=O) groups is 1. The van der Waals surface area contributed by atoms with Crippen molar-refractivity contribution in [2.75, 3.05) is 0 Å². The quantitative estimate of drug-likeness (QED) is 0.888. The number of hydrogen-bond acceptors (Lipinski definition) is 4. The molecule has 2 aliphatic carbocycles. The van der Waals surface area contributed by atoms with E-state index in [0.717, 1.165) is 44.4 Å². The Hall–Kier alpha value is -2.44. The van der Waals surface area contributed by atoms with Crippen LogP contribution in [0.1, 0.15) is 55.8 Å². The number of aromatic amines is 2. The summed E-state index contributed by atoms with van der Waals surface area (Å²) in [6.45, 7) is 2.26. The van der Waals surface area contributed by atoms with E-state index in [4.69, 9.17) is 0 Å². The minimum absolute atomic E-state index is 0.0537. The second-order valence-corrected chi connectivity index (χ2v) is 7.39. The first-order valence-electron chi connectivity index (χ1n) is 8.98. The van der Waals surface area contributed by atoms with Crippen molar-refractivity contribution in [3.63, 3.8) is 0 Å². The van der Waals surface area contributed by atoms with E-state index in [2.05, 4.69) is 21.9 Å². The highest BCUT2D eigenvalue weighted by atomic mass is 16.2. The van der Waals surface area contributed by atoms with E-state index in [1.165, 1.54) is 6.20 Å². The third-order valence-electron chi connectivity index (χ3n) is 5.39. The van der Waals surface area contributed by atoms with E-state index >= 15 is 0 Å². The van der Waals surface area contributed by atoms with Crippen molar-refractivity contribution < 1.29 is 4.79 Å². The number of H-pyrrole nitrogens is 2. The molecule has 2 heterocycles. The van der Waals surface area contributed by atoms with Crippen LogP contribution >= 0.6 is 0 Å². The van der Waals surface area contributed by atoms with E-state index in [1.807, 2.05) is 4.90 Å². The maximum absolute atomic E-state index is 13.1. The molecular formula is C18H22N4O3. The van der Waals surface area contributed by atoms with Crippen LogP contribution in [0, 0.1) is 5.92 Å². The third kappa shape index (κ3) is 3.10. The third-order valence-corrected chi connectivity index (χ3v) is 5.39. The summed E-state index contributed by atoms with van der Waals surface area (Å²) in [5, 5.41) is 0.235. The van der Waals surface area contributed by atoms with Crippen molar-refractivity contribution in [3.05, 3.63) is 38.7 Å². The maximum Gasteiger partial charge on any atom is 0.327 e. The highest BCUT2D eigenvalue weighted by molar-refractivity contribution is 5.97. The zero-order valence-corrected chi connectivity index (χ0v) is 14.2. The van der Waals surface area contributed by atoms with E-state index in [0.29, 0.717) is 11.6 Å². The molecule has 1 amide bonds. The van der Waals surface area contributed by atoms with Crippen LogP contribution < -0.4 is 11.2 Å². The topological polar surface area (TPSA) is 98.9 Å². The van der Waals surface area contributed by atoms with Crippen molar-refractivity contribution in [2.45, 2.75) is 57.5 Å². The van der Waals surface area contributed by atoms with Crippen LogP contribution in [0.5, 0.6) is 0 Å². The number of pyridine rings is 1. The lowest BCUT2D eigenvalue weighted by Gasteiger charge is -2.36. The van der Waals surface area contributed by atoms with Gasteiger partial charge in [0.1, 0.15) is 5.65 Å². The maximum atomic E-state index is 13.1. The normalized spacial score (nSPS) is 23.6. The highest BCUT2D eigenvalue weighted by Crippen LogP contribution is 2.36. The van der Waals surface area contributed by atoms with Crippen molar-refractivity contribution in [3.8, 4) is 0 Å². The second-order valence-electron chi connectivity index (χ2n) is 7.39. The Morgan fingerprint density at radius 2 is 1.72 bits per heavy atom. The second kappa shape index (κ2) is 6.13. The molecule has 2 aromatic heterocycles. The van der Waals surface area contributed by atoms with Crippen LogP contribution in [0.15, 0.2) is 21.9 Å². The zero-order chi connectivity index (χ0) is 17.6. The van der Waals surface area contributed by atoms with Gasteiger partial charge < -0.3 is 4.90 Å². The molecule has 2 aromatic rings. The summed E-state index contributed by atoms with van der Waals surface area (Å²) in [7, 11) is 0. The van der Waals surface area contributed by atoms with Gasteiger partial charge in [0, 0.05) is 18.3 Å². The first-order valence-corrected chi connectivity index (χ1v) is 8.98. The molecule has 0 aliphatic heterocycles. The van der Waals surface area contributed by atoms with Gasteiger partial charge in [0.25, 0.3) is 11.5 Å². The average Bonchev–Trinajstić information content (AvgIpc) is 3.41. The fourth-order valence-corrected chi connectivity index (χ4v) is 3.82. The molecule has 2 N–H and O–H groups in total. The number of amides is 1. The van der Waals surface area contributed by atoms with Gasteiger partial charge in [-0.2, -0.15) is 0 Å². The summed E-state index contributed by atoms with van der Waals surface area (Å²) in [5.74, 6) is 0.673. The minimum atomic E-state index is -0.597. The molecule has 2 fully saturated rings. The molecular weight excluding hydrogens is 320 g/mol. The van der Waals surface area contributed by atoms with Crippen molar-refractivity contribution >= 4 is 16.9 Å². The molecule has 0 radical (unpaired) electrons. The van der Waals surface area contributed by atoms with E-state index < -0.39 is 11.2 Å². The monoisotopic (exact) mass is 342 g/mol. The van der Waals surface area contributed by atoms with Gasteiger partial charge >= 0.3 is 5.69 Å². The Balaban J connectivity index is 1.67. The van der Waals surface area contributed by atoms with Crippen LogP contribution in [-0.2, 0) is 0 Å². The molecule has 0 unspecified atom stereocenters. The lowest BCUT2D eigenvalue weighted by Crippen LogP contribution is -2.43. The molecule has 0 spiro atoms. The van der Waals surface area contributed by atoms with Crippen LogP contribution in [0.3, 0.4) is 0 Å². The minimum Gasteiger partial charge on any atom is -0.333 e. The Morgan fingerprint density at radius 1 is 1.08 bits per heavy atom. The van der Waals surface area contributed by atoms with Crippen LogP contribution in [0.4, 0.5) is 0 Å². The number of nitrogens with zero attached hydrogens (tertiary/aromatic N) is 2. The Morgan fingerprint density at radius 3 is 2.36 bits per heavy atom. The summed E-state index contributed by atoms with van der Waals surface area (Å²) in [6, 6.07) is 2.14. The Kier molecular flexibility index (Phi) is 3.94. The molecule has 7 nitrogen and oxygen atoms in total. The fourth-order valence-electron chi connectivity index (χ4n) is 3.82. The van der Waals surface area contributed by atoms with Gasteiger partial charge in [-0.05, 0) is 50.5 Å². The molecule has 132 valence electrons. The number of nitrogens with one attached hydrogen (secondary N) is 2. The standard InChI is InChI=1S/C18H22N4O3/c1-10-2-4-12(5-3-10)22(13-6-7-13)17(24)11-8-14-15(19-9-11)20-18(25)21-16(14)23/h8-10,12-13H,2-7H2,1H3,(H2,19,20,21,23,25). The van der Waals surface area contributed by atoms with Crippen LogP contribution in [-0.4, -0.2) is 37.8 Å². The number of aromatic nitrogens is 3. The Bertz CT molecular complexity index is 920. The van der Waals surface area contributed by atoms with Gasteiger partial charge in [-0.25, -0.2) is 9.78 Å². The van der Waals surface area contributed by atoms with E-state index in [9.17, 15) is 14.4 Å². The van der Waals surface area contributed by atoms with Gasteiger partial charge in [0.15, 0.2) is 0 Å². The summed E-state index contributed by atoms with van der Waals surface area (Å²) in [4.78, 5) is 47.3. The summed E-state index contributed by atoms with van der Waals surface area (Å²) < 4.78 is 0. The van der Waals surface area contributed by atoms with Crippen molar-refractivity contribution in [1.29, 1.82) is 0 Å². The summed E-state index contributed by atoms with van der Waals surface area (Å²) >= 11 is 0. The highest BCUT2D eigenvalue weighted by Gasteiger charge is 2.38. The molecule has 25 heavy (non-hydrogen) atoms. The van der Waals surface area contributed by atoms with Gasteiger partial charge in [-0.15, -0.1) is 0 Å². The number of hydrogen-bond donors (Lipinski definition) is 2. The zero-order valence-electron chi connectivity index (χ0n) is 14.2. The molecule has 2 aliphatic rings. The van der Waals surface area contributed by atoms with E-state index in [1.54, 1.807) is 6.07 Å². The first kappa shape index (κ1) is 16.1. The molecule has 0 atom stereocenters. The first-order chi connectivity index (χ1) is 12.0. The molecule has 0 bridgehead atoms. The molecule has 7 heteroatoms. The lowest BCUT2D eigenvalue weighted by molar-refractivity contribution is 0.0593. The lowest BCUT2D eigenvalue weighted by atomic mass is 9.86. The summed E-state index contributed by atoms with van der Waals surface area (Å²) in [5.41, 5.74) is -0.504. The molecule has 0 saturated heterocycles. The van der Waals surface area contributed by atoms with Gasteiger partial charge in [0.2, 0.25) is 0 Å². The average molecular weight is 342 g/mol. The van der Waals surface area contributed by atoms with Crippen molar-refractivity contribution in [2.24, 2.45) is 5.92 Å². The molecule has 4 rings (SSSR count). The fraction of sp³-hybridized carbons (Fsp3) is 0.556. The number of rotatable bonds is 3. The SMILES string of the molecule is CC1CCC(N(C(=O)c2cnc3[nH]c(=O)[nH]c(=O)c3c2)C2CC2)CC1. The summed E-state index contributed by atoms with van der Waals surface area (Å²) in [6.07, 6.45) is 7.94. The van der Waals surface area contributed by atoms with Gasteiger partial charge in [0.05, 0.1) is 10.9 Å². The van der Waals surface area contributed by atoms with Crippen LogP contribution in [0.2, 0.25) is 0 Å². The van der Waals surface area contributed by atoms with E-state index in [-0.39, 0.29) is 23.0 Å². The number of carbonyl (C=O) groups excluding carboxylic acids is 1. The molecule has 0 aromatic carbocycles. The predicted molar refractivity (Wildman–Crippen MR) is 93.6 cm³/mol. The predicted octanol–water partition coefficient (Wildman–Crippen LogP) is 1.79. The molecule has 2 saturated carbocycles.